The normalized spacial score (nSPS) is 14.3. The van der Waals surface area contributed by atoms with Gasteiger partial charge in [0.15, 0.2) is 5.65 Å². The van der Waals surface area contributed by atoms with Gasteiger partial charge in [0, 0.05) is 25.7 Å². The van der Waals surface area contributed by atoms with E-state index in [2.05, 4.69) is 15.4 Å². The van der Waals surface area contributed by atoms with Crippen LogP contribution in [-0.2, 0) is 13.0 Å². The summed E-state index contributed by atoms with van der Waals surface area (Å²) < 4.78 is 1.92. The number of nitrogens with one attached hydrogen (secondary N) is 1. The average molecular weight is 204 g/mol. The topological polar surface area (TPSA) is 42.2 Å². The highest BCUT2D eigenvalue weighted by Crippen LogP contribution is 2.13. The van der Waals surface area contributed by atoms with Crippen molar-refractivity contribution >= 4 is 5.65 Å². The van der Waals surface area contributed by atoms with E-state index in [4.69, 9.17) is 0 Å². The molecule has 2 aromatic rings. The van der Waals surface area contributed by atoms with E-state index in [1.807, 2.05) is 30.5 Å². The second-order valence-corrected chi connectivity index (χ2v) is 3.23. The van der Waals surface area contributed by atoms with Gasteiger partial charge in [-0.2, -0.15) is 5.10 Å². The lowest BCUT2D eigenvalue weighted by molar-refractivity contribution is 0.611. The van der Waals surface area contributed by atoms with Crippen LogP contribution in [0.5, 0.6) is 0 Å². The number of imidazole rings is 1. The van der Waals surface area contributed by atoms with E-state index in [9.17, 15) is 0 Å². The first-order valence-corrected chi connectivity index (χ1v) is 5.47. The molecule has 0 fully saturated rings. The molecule has 0 spiro atoms. The van der Waals surface area contributed by atoms with Crippen LogP contribution >= 0.6 is 0 Å². The number of aromatic nitrogens is 3. The minimum absolute atomic E-state index is 0.882. The first-order chi connectivity index (χ1) is 7.45. The average Bonchev–Trinajstić information content (AvgIpc) is 2.70. The zero-order valence-electron chi connectivity index (χ0n) is 9.20. The third-order valence-electron chi connectivity index (χ3n) is 2.40. The highest BCUT2D eigenvalue weighted by Gasteiger charge is 2.15. The lowest BCUT2D eigenvalue weighted by Crippen LogP contribution is -2.24. The minimum atomic E-state index is 0.882. The molecular formula is C11H16N4. The fraction of sp³-hybridized carbons (Fsp3) is 0.455. The summed E-state index contributed by atoms with van der Waals surface area (Å²) in [5.74, 6) is 0. The summed E-state index contributed by atoms with van der Waals surface area (Å²) in [5.41, 5.74) is 3.36. The standard InChI is InChI=1S/C9H10N4.C2H6/c1-2-9-12-7-3-5-10-6-8(7)13(9)11-4-1;1-2/h1-2,4,10H,3,5-6H2;1-2H3. The van der Waals surface area contributed by atoms with E-state index >= 15 is 0 Å². The second-order valence-electron chi connectivity index (χ2n) is 3.23. The molecule has 1 aliphatic rings. The number of hydrogen-bond donors (Lipinski definition) is 1. The lowest BCUT2D eigenvalue weighted by Gasteiger charge is -2.10. The van der Waals surface area contributed by atoms with Crippen LogP contribution < -0.4 is 5.32 Å². The molecule has 4 heteroatoms. The summed E-state index contributed by atoms with van der Waals surface area (Å²) >= 11 is 0. The molecule has 1 aliphatic heterocycles. The Morgan fingerprint density at radius 2 is 2.27 bits per heavy atom. The van der Waals surface area contributed by atoms with Gasteiger partial charge in [0.1, 0.15) is 0 Å². The van der Waals surface area contributed by atoms with Crippen LogP contribution in [0.2, 0.25) is 0 Å². The fourth-order valence-corrected chi connectivity index (χ4v) is 1.77. The van der Waals surface area contributed by atoms with E-state index in [-0.39, 0.29) is 0 Å². The molecule has 3 rings (SSSR count). The summed E-state index contributed by atoms with van der Waals surface area (Å²) in [5, 5.41) is 7.59. The summed E-state index contributed by atoms with van der Waals surface area (Å²) in [7, 11) is 0. The zero-order valence-corrected chi connectivity index (χ0v) is 9.20. The van der Waals surface area contributed by atoms with Gasteiger partial charge < -0.3 is 5.32 Å². The van der Waals surface area contributed by atoms with Crippen LogP contribution in [0.25, 0.3) is 5.65 Å². The molecule has 0 radical (unpaired) electrons. The zero-order chi connectivity index (χ0) is 10.7. The van der Waals surface area contributed by atoms with Crippen LogP contribution in [0.15, 0.2) is 18.3 Å². The molecule has 0 bridgehead atoms. The number of fused-ring (bicyclic) bond motifs is 3. The molecule has 0 atom stereocenters. The molecule has 0 saturated carbocycles. The predicted molar refractivity (Wildman–Crippen MR) is 59.7 cm³/mol. The first kappa shape index (κ1) is 10.1. The second kappa shape index (κ2) is 4.40. The van der Waals surface area contributed by atoms with Crippen molar-refractivity contribution < 1.29 is 0 Å². The van der Waals surface area contributed by atoms with Crippen molar-refractivity contribution in [1.29, 1.82) is 0 Å². The van der Waals surface area contributed by atoms with Crippen LogP contribution in [-0.4, -0.2) is 21.1 Å². The molecule has 80 valence electrons. The Bertz CT molecular complexity index is 447. The maximum atomic E-state index is 4.51. The Hall–Kier alpha value is -1.42. The SMILES string of the molecule is CC.c1cnn2c3c(nc2c1)CCNC3. The van der Waals surface area contributed by atoms with Gasteiger partial charge in [-0.25, -0.2) is 9.50 Å². The molecular weight excluding hydrogens is 188 g/mol. The highest BCUT2D eigenvalue weighted by atomic mass is 15.3. The third kappa shape index (κ3) is 1.72. The third-order valence-corrected chi connectivity index (χ3v) is 2.40. The highest BCUT2D eigenvalue weighted by molar-refractivity contribution is 5.41. The van der Waals surface area contributed by atoms with Crippen molar-refractivity contribution in [2.45, 2.75) is 26.8 Å². The smallest absolute Gasteiger partial charge is 0.154 e. The Morgan fingerprint density at radius 1 is 1.40 bits per heavy atom. The summed E-state index contributed by atoms with van der Waals surface area (Å²) in [4.78, 5) is 4.51. The number of nitrogens with zero attached hydrogens (tertiary/aromatic N) is 3. The van der Waals surface area contributed by atoms with Gasteiger partial charge in [0.2, 0.25) is 0 Å². The van der Waals surface area contributed by atoms with E-state index < -0.39 is 0 Å². The molecule has 3 heterocycles. The van der Waals surface area contributed by atoms with Crippen molar-refractivity contribution in [3.8, 4) is 0 Å². The van der Waals surface area contributed by atoms with Crippen molar-refractivity contribution in [2.24, 2.45) is 0 Å². The van der Waals surface area contributed by atoms with Gasteiger partial charge in [-0.05, 0) is 12.1 Å². The molecule has 2 aromatic heterocycles. The number of hydrogen-bond acceptors (Lipinski definition) is 3. The van der Waals surface area contributed by atoms with Crippen molar-refractivity contribution in [2.75, 3.05) is 6.54 Å². The first-order valence-electron chi connectivity index (χ1n) is 5.47. The van der Waals surface area contributed by atoms with Crippen LogP contribution in [0.4, 0.5) is 0 Å². The molecule has 0 unspecified atom stereocenters. The largest absolute Gasteiger partial charge is 0.311 e. The van der Waals surface area contributed by atoms with E-state index in [1.165, 1.54) is 11.4 Å². The molecule has 0 aromatic carbocycles. The Labute approximate surface area is 89.3 Å². The molecule has 15 heavy (non-hydrogen) atoms. The Kier molecular flexibility index (Phi) is 2.97. The maximum Gasteiger partial charge on any atom is 0.154 e. The van der Waals surface area contributed by atoms with E-state index in [0.717, 1.165) is 25.2 Å². The van der Waals surface area contributed by atoms with Gasteiger partial charge >= 0.3 is 0 Å². The van der Waals surface area contributed by atoms with E-state index in [1.54, 1.807) is 6.20 Å². The molecule has 0 amide bonds. The molecule has 0 aliphatic carbocycles. The van der Waals surface area contributed by atoms with Gasteiger partial charge in [-0.15, -0.1) is 0 Å². The van der Waals surface area contributed by atoms with Crippen LogP contribution in [0.1, 0.15) is 25.2 Å². The van der Waals surface area contributed by atoms with Crippen molar-refractivity contribution in [3.05, 3.63) is 29.7 Å². The maximum absolute atomic E-state index is 4.51. The van der Waals surface area contributed by atoms with Gasteiger partial charge in [0.25, 0.3) is 0 Å². The predicted octanol–water partition coefficient (Wildman–Crippen LogP) is 1.40. The Balaban J connectivity index is 0.000000404. The van der Waals surface area contributed by atoms with Gasteiger partial charge in [0.05, 0.1) is 11.4 Å². The molecule has 0 saturated heterocycles. The van der Waals surface area contributed by atoms with Crippen molar-refractivity contribution in [1.82, 2.24) is 19.9 Å². The fourth-order valence-electron chi connectivity index (χ4n) is 1.77. The summed E-state index contributed by atoms with van der Waals surface area (Å²) in [6, 6.07) is 3.91. The molecule has 4 nitrogen and oxygen atoms in total. The number of rotatable bonds is 0. The monoisotopic (exact) mass is 204 g/mol. The molecule has 1 N–H and O–H groups in total. The van der Waals surface area contributed by atoms with Crippen molar-refractivity contribution in [3.63, 3.8) is 0 Å². The summed E-state index contributed by atoms with van der Waals surface area (Å²) in [6.07, 6.45) is 2.81. The van der Waals surface area contributed by atoms with Gasteiger partial charge in [-0.3, -0.25) is 0 Å². The lowest BCUT2D eigenvalue weighted by atomic mass is 10.2. The van der Waals surface area contributed by atoms with Crippen LogP contribution in [0.3, 0.4) is 0 Å². The van der Waals surface area contributed by atoms with E-state index in [0.29, 0.717) is 0 Å². The summed E-state index contributed by atoms with van der Waals surface area (Å²) in [6.45, 7) is 5.91. The minimum Gasteiger partial charge on any atom is -0.311 e. The van der Waals surface area contributed by atoms with Crippen LogP contribution in [0, 0.1) is 0 Å². The Morgan fingerprint density at radius 3 is 3.13 bits per heavy atom. The quantitative estimate of drug-likeness (QED) is 0.705. The van der Waals surface area contributed by atoms with Gasteiger partial charge in [-0.1, -0.05) is 13.8 Å².